The Hall–Kier alpha value is -0.340. The molecule has 0 aliphatic heterocycles. The van der Waals surface area contributed by atoms with Crippen molar-refractivity contribution < 1.29 is 9.84 Å². The van der Waals surface area contributed by atoms with Gasteiger partial charge in [-0.3, -0.25) is 0 Å². The maximum atomic E-state index is 10.7. The number of hydrogen-bond donors (Lipinski definition) is 1. The fourth-order valence-electron chi connectivity index (χ4n) is 2.44. The highest BCUT2D eigenvalue weighted by atomic mass is 16.5. The average Bonchev–Trinajstić information content (AvgIpc) is 2.16. The van der Waals surface area contributed by atoms with Crippen molar-refractivity contribution in [2.75, 3.05) is 13.7 Å². The first-order valence-electron chi connectivity index (χ1n) is 6.52. The van der Waals surface area contributed by atoms with E-state index >= 15 is 0 Å². The predicted octanol–water partition coefficient (Wildman–Crippen LogP) is 3.30. The minimum atomic E-state index is -0.758. The molecule has 1 atom stereocenters. The summed E-state index contributed by atoms with van der Waals surface area (Å²) >= 11 is 0. The molecular weight excluding hydrogens is 200 g/mol. The number of aliphatic hydroxyl groups is 1. The predicted molar refractivity (Wildman–Crippen MR) is 67.4 cm³/mol. The standard InChI is InChI=1S/C14H26O2/c1-12(2)14(15,11-16-3)13-9-7-5-4-6-8-10-13/h9,12,15H,4-8,10-11H2,1-3H3. The SMILES string of the molecule is COCC(O)(C1=CCCCCCC1)C(C)C. The van der Waals surface area contributed by atoms with E-state index in [0.29, 0.717) is 6.61 Å². The van der Waals surface area contributed by atoms with Crippen LogP contribution in [0.2, 0.25) is 0 Å². The van der Waals surface area contributed by atoms with Crippen molar-refractivity contribution in [2.24, 2.45) is 5.92 Å². The van der Waals surface area contributed by atoms with Crippen molar-refractivity contribution in [3.8, 4) is 0 Å². The summed E-state index contributed by atoms with van der Waals surface area (Å²) in [5.74, 6) is 0.207. The highest BCUT2D eigenvalue weighted by Crippen LogP contribution is 2.32. The molecule has 0 aromatic rings. The van der Waals surface area contributed by atoms with Crippen molar-refractivity contribution in [1.82, 2.24) is 0 Å². The smallest absolute Gasteiger partial charge is 0.111 e. The number of ether oxygens (including phenoxy) is 1. The third-order valence-corrected chi connectivity index (χ3v) is 3.67. The molecule has 0 amide bonds. The Morgan fingerprint density at radius 2 is 2.00 bits per heavy atom. The third kappa shape index (κ3) is 3.33. The van der Waals surface area contributed by atoms with Gasteiger partial charge in [0.1, 0.15) is 5.60 Å². The molecule has 1 aliphatic rings. The van der Waals surface area contributed by atoms with Crippen LogP contribution in [0.5, 0.6) is 0 Å². The van der Waals surface area contributed by atoms with Gasteiger partial charge in [0.25, 0.3) is 0 Å². The van der Waals surface area contributed by atoms with Crippen LogP contribution in [0, 0.1) is 5.92 Å². The van der Waals surface area contributed by atoms with Gasteiger partial charge in [0.15, 0.2) is 0 Å². The Kier molecular flexibility index (Phi) is 5.50. The van der Waals surface area contributed by atoms with Gasteiger partial charge in [-0.2, -0.15) is 0 Å². The quantitative estimate of drug-likeness (QED) is 0.745. The zero-order chi connectivity index (χ0) is 12.0. The summed E-state index contributed by atoms with van der Waals surface area (Å²) in [5, 5.41) is 10.7. The summed E-state index contributed by atoms with van der Waals surface area (Å²) in [4.78, 5) is 0. The average molecular weight is 226 g/mol. The summed E-state index contributed by atoms with van der Waals surface area (Å²) in [6.07, 6.45) is 9.45. The van der Waals surface area contributed by atoms with E-state index in [2.05, 4.69) is 19.9 Å². The molecule has 1 rings (SSSR count). The Balaban J connectivity index is 2.82. The van der Waals surface area contributed by atoms with Crippen LogP contribution in [-0.4, -0.2) is 24.4 Å². The topological polar surface area (TPSA) is 29.5 Å². The van der Waals surface area contributed by atoms with Crippen LogP contribution in [0.4, 0.5) is 0 Å². The molecule has 0 aromatic heterocycles. The lowest BCUT2D eigenvalue weighted by Gasteiger charge is -2.35. The Morgan fingerprint density at radius 3 is 2.62 bits per heavy atom. The third-order valence-electron chi connectivity index (χ3n) is 3.67. The Labute approximate surface area is 99.7 Å². The molecule has 0 bridgehead atoms. The summed E-state index contributed by atoms with van der Waals surface area (Å²) in [5.41, 5.74) is 0.440. The summed E-state index contributed by atoms with van der Waals surface area (Å²) in [6, 6.07) is 0. The van der Waals surface area contributed by atoms with Gasteiger partial charge < -0.3 is 9.84 Å². The van der Waals surface area contributed by atoms with E-state index in [1.807, 2.05) is 0 Å². The summed E-state index contributed by atoms with van der Waals surface area (Å²) in [6.45, 7) is 4.55. The monoisotopic (exact) mass is 226 g/mol. The lowest BCUT2D eigenvalue weighted by molar-refractivity contribution is -0.0381. The Bertz CT molecular complexity index is 233. The van der Waals surface area contributed by atoms with Gasteiger partial charge in [-0.25, -0.2) is 0 Å². The lowest BCUT2D eigenvalue weighted by Crippen LogP contribution is -2.42. The fourth-order valence-corrected chi connectivity index (χ4v) is 2.44. The van der Waals surface area contributed by atoms with Crippen LogP contribution in [0.25, 0.3) is 0 Å². The van der Waals surface area contributed by atoms with Crippen LogP contribution < -0.4 is 0 Å². The van der Waals surface area contributed by atoms with Gasteiger partial charge >= 0.3 is 0 Å². The largest absolute Gasteiger partial charge is 0.383 e. The van der Waals surface area contributed by atoms with Crippen molar-refractivity contribution in [3.63, 3.8) is 0 Å². The molecule has 0 heterocycles. The molecule has 0 fully saturated rings. The second-order valence-electron chi connectivity index (χ2n) is 5.19. The van der Waals surface area contributed by atoms with Crippen molar-refractivity contribution >= 4 is 0 Å². The van der Waals surface area contributed by atoms with Crippen molar-refractivity contribution in [1.29, 1.82) is 0 Å². The molecule has 94 valence electrons. The van der Waals surface area contributed by atoms with Gasteiger partial charge in [-0.05, 0) is 37.2 Å². The molecule has 0 spiro atoms. The van der Waals surface area contributed by atoms with E-state index in [9.17, 15) is 5.11 Å². The molecule has 1 unspecified atom stereocenters. The first kappa shape index (κ1) is 13.7. The van der Waals surface area contributed by atoms with Crippen LogP contribution in [0.3, 0.4) is 0 Å². The maximum absolute atomic E-state index is 10.7. The molecule has 0 radical (unpaired) electrons. The first-order chi connectivity index (χ1) is 7.61. The molecular formula is C14H26O2. The summed E-state index contributed by atoms with van der Waals surface area (Å²) < 4.78 is 5.20. The molecule has 16 heavy (non-hydrogen) atoms. The Morgan fingerprint density at radius 1 is 1.31 bits per heavy atom. The minimum Gasteiger partial charge on any atom is -0.383 e. The van der Waals surface area contributed by atoms with Gasteiger partial charge in [0.2, 0.25) is 0 Å². The van der Waals surface area contributed by atoms with E-state index in [0.717, 1.165) is 12.8 Å². The normalized spacial score (nSPS) is 22.2. The van der Waals surface area contributed by atoms with Gasteiger partial charge in [-0.1, -0.05) is 32.8 Å². The molecule has 0 saturated heterocycles. The highest BCUT2D eigenvalue weighted by Gasteiger charge is 2.34. The van der Waals surface area contributed by atoms with E-state index in [-0.39, 0.29) is 5.92 Å². The lowest BCUT2D eigenvalue weighted by atomic mass is 9.79. The number of rotatable bonds is 4. The van der Waals surface area contributed by atoms with Crippen LogP contribution in [-0.2, 0) is 4.74 Å². The van der Waals surface area contributed by atoms with E-state index < -0.39 is 5.60 Å². The van der Waals surface area contributed by atoms with E-state index in [1.165, 1.54) is 31.3 Å². The fraction of sp³-hybridized carbons (Fsp3) is 0.857. The van der Waals surface area contributed by atoms with Crippen LogP contribution >= 0.6 is 0 Å². The molecule has 2 nitrogen and oxygen atoms in total. The minimum absolute atomic E-state index is 0.207. The second-order valence-corrected chi connectivity index (χ2v) is 5.19. The first-order valence-corrected chi connectivity index (χ1v) is 6.52. The molecule has 0 aromatic carbocycles. The van der Waals surface area contributed by atoms with E-state index in [4.69, 9.17) is 4.74 Å². The molecule has 0 saturated carbocycles. The van der Waals surface area contributed by atoms with Gasteiger partial charge in [0.05, 0.1) is 6.61 Å². The van der Waals surface area contributed by atoms with Gasteiger partial charge in [0, 0.05) is 7.11 Å². The van der Waals surface area contributed by atoms with Crippen LogP contribution in [0.15, 0.2) is 11.6 Å². The van der Waals surface area contributed by atoms with Crippen molar-refractivity contribution in [3.05, 3.63) is 11.6 Å². The molecule has 1 N–H and O–H groups in total. The summed E-state index contributed by atoms with van der Waals surface area (Å²) in [7, 11) is 1.66. The highest BCUT2D eigenvalue weighted by molar-refractivity contribution is 5.18. The maximum Gasteiger partial charge on any atom is 0.111 e. The zero-order valence-corrected chi connectivity index (χ0v) is 11.0. The van der Waals surface area contributed by atoms with Gasteiger partial charge in [-0.15, -0.1) is 0 Å². The van der Waals surface area contributed by atoms with E-state index in [1.54, 1.807) is 7.11 Å². The van der Waals surface area contributed by atoms with Crippen LogP contribution in [0.1, 0.15) is 52.4 Å². The number of allylic oxidation sites excluding steroid dienone is 1. The molecule has 1 aliphatic carbocycles. The number of hydrogen-bond acceptors (Lipinski definition) is 2. The molecule has 2 heteroatoms. The second kappa shape index (κ2) is 6.41. The zero-order valence-electron chi connectivity index (χ0n) is 11.0. The number of methoxy groups -OCH3 is 1. The van der Waals surface area contributed by atoms with Crippen molar-refractivity contribution in [2.45, 2.75) is 58.0 Å².